The van der Waals surface area contributed by atoms with Gasteiger partial charge < -0.3 is 5.32 Å². The van der Waals surface area contributed by atoms with Crippen LogP contribution in [0.3, 0.4) is 0 Å². The van der Waals surface area contributed by atoms with Gasteiger partial charge in [0.05, 0.1) is 6.20 Å². The van der Waals surface area contributed by atoms with E-state index in [2.05, 4.69) is 32.7 Å². The Balaban J connectivity index is 2.57. The third-order valence-corrected chi connectivity index (χ3v) is 2.97. The molecule has 0 aliphatic carbocycles. The number of rotatable bonds is 5. The summed E-state index contributed by atoms with van der Waals surface area (Å²) in [5.74, 6) is 0.478. The smallest absolute Gasteiger partial charge is 0.189 e. The summed E-state index contributed by atoms with van der Waals surface area (Å²) in [6.07, 6.45) is 5.17. The second-order valence-corrected chi connectivity index (χ2v) is 4.89. The molecule has 0 spiro atoms. The molecule has 0 aliphatic heterocycles. The fourth-order valence-corrected chi connectivity index (χ4v) is 1.67. The average molecular weight is 304 g/mol. The number of thiocarbonyl (C=S) groups is 1. The number of anilines is 1. The maximum absolute atomic E-state index is 5.95. The van der Waals surface area contributed by atoms with Crippen LogP contribution >= 0.6 is 35.6 Å². The highest BCUT2D eigenvalue weighted by Crippen LogP contribution is 2.19. The van der Waals surface area contributed by atoms with E-state index >= 15 is 0 Å². The van der Waals surface area contributed by atoms with Gasteiger partial charge in [-0.1, -0.05) is 29.4 Å². The lowest BCUT2D eigenvalue weighted by Crippen LogP contribution is -2.42. The summed E-state index contributed by atoms with van der Waals surface area (Å²) in [4.78, 5) is 8.24. The molecule has 18 heavy (non-hydrogen) atoms. The SMILES string of the molecule is C=C[C@@H](C)NC(=S)NNc1nc(SC)ncc1Cl. The van der Waals surface area contributed by atoms with Gasteiger partial charge in [0.2, 0.25) is 0 Å². The van der Waals surface area contributed by atoms with Crippen molar-refractivity contribution in [1.82, 2.24) is 20.7 Å². The van der Waals surface area contributed by atoms with E-state index in [-0.39, 0.29) is 6.04 Å². The molecule has 5 nitrogen and oxygen atoms in total. The van der Waals surface area contributed by atoms with Gasteiger partial charge >= 0.3 is 0 Å². The van der Waals surface area contributed by atoms with Crippen molar-refractivity contribution in [2.75, 3.05) is 11.7 Å². The third-order valence-electron chi connectivity index (χ3n) is 1.91. The van der Waals surface area contributed by atoms with E-state index in [9.17, 15) is 0 Å². The molecule has 1 atom stereocenters. The lowest BCUT2D eigenvalue weighted by atomic mass is 10.3. The number of hydrazine groups is 1. The Kier molecular flexibility index (Phi) is 6.17. The summed E-state index contributed by atoms with van der Waals surface area (Å²) in [5.41, 5.74) is 5.63. The number of halogens is 1. The Morgan fingerprint density at radius 1 is 1.67 bits per heavy atom. The monoisotopic (exact) mass is 303 g/mol. The molecule has 1 aromatic rings. The van der Waals surface area contributed by atoms with Gasteiger partial charge in [-0.25, -0.2) is 9.97 Å². The number of nitrogens with zero attached hydrogens (tertiary/aromatic N) is 2. The molecule has 0 saturated carbocycles. The Bertz CT molecular complexity index is 440. The fraction of sp³-hybridized carbons (Fsp3) is 0.300. The van der Waals surface area contributed by atoms with Crippen molar-refractivity contribution in [3.05, 3.63) is 23.9 Å². The van der Waals surface area contributed by atoms with Crippen LogP contribution < -0.4 is 16.2 Å². The molecule has 1 heterocycles. The lowest BCUT2D eigenvalue weighted by Gasteiger charge is -2.15. The van der Waals surface area contributed by atoms with E-state index < -0.39 is 0 Å². The Morgan fingerprint density at radius 3 is 3.00 bits per heavy atom. The molecule has 0 fully saturated rings. The van der Waals surface area contributed by atoms with Gasteiger partial charge in [-0.05, 0) is 25.4 Å². The molecular formula is C10H14ClN5S2. The molecule has 0 saturated heterocycles. The van der Waals surface area contributed by atoms with Gasteiger partial charge in [-0.3, -0.25) is 10.9 Å². The third kappa shape index (κ3) is 4.67. The Hall–Kier alpha value is -1.05. The molecule has 1 aromatic heterocycles. The molecule has 0 amide bonds. The van der Waals surface area contributed by atoms with Crippen LogP contribution in [0.1, 0.15) is 6.92 Å². The van der Waals surface area contributed by atoms with Crippen LogP contribution in [0.5, 0.6) is 0 Å². The normalized spacial score (nSPS) is 11.5. The summed E-state index contributed by atoms with van der Waals surface area (Å²) >= 11 is 12.5. The summed E-state index contributed by atoms with van der Waals surface area (Å²) < 4.78 is 0. The molecular weight excluding hydrogens is 290 g/mol. The van der Waals surface area contributed by atoms with Crippen molar-refractivity contribution < 1.29 is 0 Å². The highest BCUT2D eigenvalue weighted by atomic mass is 35.5. The minimum Gasteiger partial charge on any atom is -0.355 e. The average Bonchev–Trinajstić information content (AvgIpc) is 2.37. The quantitative estimate of drug-likeness (QED) is 0.253. The van der Waals surface area contributed by atoms with E-state index in [0.29, 0.717) is 21.1 Å². The largest absolute Gasteiger partial charge is 0.355 e. The molecule has 98 valence electrons. The maximum atomic E-state index is 5.95. The van der Waals surface area contributed by atoms with E-state index in [0.717, 1.165) is 0 Å². The van der Waals surface area contributed by atoms with E-state index in [1.807, 2.05) is 13.2 Å². The van der Waals surface area contributed by atoms with Crippen molar-refractivity contribution in [3.8, 4) is 0 Å². The first-order chi connectivity index (χ1) is 8.56. The zero-order chi connectivity index (χ0) is 13.5. The van der Waals surface area contributed by atoms with Crippen molar-refractivity contribution in [2.24, 2.45) is 0 Å². The second-order valence-electron chi connectivity index (χ2n) is 3.30. The highest BCUT2D eigenvalue weighted by Gasteiger charge is 2.05. The van der Waals surface area contributed by atoms with Gasteiger partial charge in [-0.2, -0.15) is 0 Å². The van der Waals surface area contributed by atoms with Crippen LogP contribution in [0.2, 0.25) is 5.02 Å². The van der Waals surface area contributed by atoms with E-state index in [1.165, 1.54) is 18.0 Å². The summed E-state index contributed by atoms with van der Waals surface area (Å²) in [7, 11) is 0. The van der Waals surface area contributed by atoms with Gasteiger partial charge in [-0.15, -0.1) is 6.58 Å². The first kappa shape index (κ1) is 15.0. The van der Waals surface area contributed by atoms with Crippen LogP contribution in [0.25, 0.3) is 0 Å². The van der Waals surface area contributed by atoms with Crippen LogP contribution in [-0.2, 0) is 0 Å². The second kappa shape index (κ2) is 7.40. The molecule has 1 rings (SSSR count). The topological polar surface area (TPSA) is 61.9 Å². The molecule has 0 bridgehead atoms. The molecule has 0 aromatic carbocycles. The Morgan fingerprint density at radius 2 is 2.39 bits per heavy atom. The molecule has 3 N–H and O–H groups in total. The zero-order valence-electron chi connectivity index (χ0n) is 10.0. The summed E-state index contributed by atoms with van der Waals surface area (Å²) in [6.45, 7) is 5.59. The van der Waals surface area contributed by atoms with Crippen LogP contribution in [0, 0.1) is 0 Å². The first-order valence-corrected chi connectivity index (χ1v) is 7.09. The number of aromatic nitrogens is 2. The number of hydrogen-bond acceptors (Lipinski definition) is 5. The van der Waals surface area contributed by atoms with Gasteiger partial charge in [0.25, 0.3) is 0 Å². The van der Waals surface area contributed by atoms with E-state index in [1.54, 1.807) is 6.08 Å². The van der Waals surface area contributed by atoms with Crippen molar-refractivity contribution in [2.45, 2.75) is 18.1 Å². The molecule has 0 aliphatic rings. The van der Waals surface area contributed by atoms with Gasteiger partial charge in [0.1, 0.15) is 5.02 Å². The molecule has 8 heteroatoms. The summed E-state index contributed by atoms with van der Waals surface area (Å²) in [5, 5.41) is 4.47. The van der Waals surface area contributed by atoms with Crippen molar-refractivity contribution >= 4 is 46.5 Å². The number of nitrogens with one attached hydrogen (secondary N) is 3. The van der Waals surface area contributed by atoms with Crippen LogP contribution in [0.4, 0.5) is 5.82 Å². The van der Waals surface area contributed by atoms with Gasteiger partial charge in [0.15, 0.2) is 16.1 Å². The zero-order valence-corrected chi connectivity index (χ0v) is 12.4. The number of thioether (sulfide) groups is 1. The predicted molar refractivity (Wildman–Crippen MR) is 81.0 cm³/mol. The fourth-order valence-electron chi connectivity index (χ4n) is 0.955. The van der Waals surface area contributed by atoms with Crippen LogP contribution in [-0.4, -0.2) is 27.4 Å². The van der Waals surface area contributed by atoms with Gasteiger partial charge in [0, 0.05) is 6.04 Å². The minimum absolute atomic E-state index is 0.0782. The molecule has 0 radical (unpaired) electrons. The standard InChI is InChI=1S/C10H14ClN5S2/c1-4-6(2)13-9(17)16-15-8-7(11)5-12-10(14-8)18-3/h4-6H,1H2,2-3H3,(H,12,14,15)(H2,13,16,17)/t6-/m1/s1. The molecule has 0 unspecified atom stereocenters. The predicted octanol–water partition coefficient (Wildman–Crippen LogP) is 2.22. The van der Waals surface area contributed by atoms with E-state index in [4.69, 9.17) is 23.8 Å². The highest BCUT2D eigenvalue weighted by molar-refractivity contribution is 7.98. The Labute approximate surface area is 121 Å². The van der Waals surface area contributed by atoms with Crippen LogP contribution in [0.15, 0.2) is 24.0 Å². The minimum atomic E-state index is 0.0782. The van der Waals surface area contributed by atoms with Crippen molar-refractivity contribution in [1.29, 1.82) is 0 Å². The first-order valence-electron chi connectivity index (χ1n) is 5.08. The summed E-state index contributed by atoms with van der Waals surface area (Å²) in [6, 6.07) is 0.0782. The lowest BCUT2D eigenvalue weighted by molar-refractivity contribution is 0.791. The maximum Gasteiger partial charge on any atom is 0.189 e. The number of hydrogen-bond donors (Lipinski definition) is 3. The van der Waals surface area contributed by atoms with Crippen molar-refractivity contribution in [3.63, 3.8) is 0 Å².